The summed E-state index contributed by atoms with van der Waals surface area (Å²) in [6.45, 7) is 7.71. The van der Waals surface area contributed by atoms with Gasteiger partial charge in [-0.3, -0.25) is 0 Å². The average Bonchev–Trinajstić information content (AvgIpc) is 2.27. The van der Waals surface area contributed by atoms with Crippen molar-refractivity contribution in [2.75, 3.05) is 6.61 Å². The maximum atomic E-state index is 5.61. The maximum Gasteiger partial charge on any atom is 0.0604 e. The number of hydrogen-bond donors (Lipinski definition) is 1. The summed E-state index contributed by atoms with van der Waals surface area (Å²) in [6, 6.07) is 1.53. The van der Waals surface area contributed by atoms with Crippen LogP contribution < -0.4 is 5.32 Å². The van der Waals surface area contributed by atoms with Gasteiger partial charge in [0, 0.05) is 18.7 Å². The Morgan fingerprint density at radius 3 is 2.24 bits per heavy atom. The van der Waals surface area contributed by atoms with Gasteiger partial charge in [0.2, 0.25) is 0 Å². The summed E-state index contributed by atoms with van der Waals surface area (Å²) in [6.07, 6.45) is 8.64. The van der Waals surface area contributed by atoms with Crippen molar-refractivity contribution in [3.05, 3.63) is 0 Å². The van der Waals surface area contributed by atoms with Gasteiger partial charge in [-0.15, -0.1) is 0 Å². The first kappa shape index (κ1) is 13.4. The summed E-state index contributed by atoms with van der Waals surface area (Å²) in [4.78, 5) is 0. The lowest BCUT2D eigenvalue weighted by Gasteiger charge is -2.40. The number of hydrogen-bond acceptors (Lipinski definition) is 2. The van der Waals surface area contributed by atoms with E-state index in [9.17, 15) is 0 Å². The predicted octanol–water partition coefficient (Wildman–Crippen LogP) is 3.36. The molecule has 0 amide bonds. The quantitative estimate of drug-likeness (QED) is 0.794. The molecule has 2 aliphatic carbocycles. The van der Waals surface area contributed by atoms with Crippen LogP contribution >= 0.6 is 0 Å². The fraction of sp³-hybridized carbons (Fsp3) is 1.00. The summed E-state index contributed by atoms with van der Waals surface area (Å²) in [5.41, 5.74) is 0. The van der Waals surface area contributed by atoms with Crippen LogP contribution in [0.1, 0.15) is 59.3 Å². The fourth-order valence-electron chi connectivity index (χ4n) is 3.36. The second-order valence-corrected chi connectivity index (χ2v) is 6.27. The minimum absolute atomic E-state index is 0.546. The van der Waals surface area contributed by atoms with Gasteiger partial charge in [0.05, 0.1) is 6.10 Å². The molecular formula is C15H29NO. The van der Waals surface area contributed by atoms with Gasteiger partial charge in [-0.05, 0) is 57.3 Å². The van der Waals surface area contributed by atoms with Gasteiger partial charge in [-0.1, -0.05) is 13.8 Å². The normalized spacial score (nSPS) is 38.1. The van der Waals surface area contributed by atoms with E-state index in [-0.39, 0.29) is 0 Å². The molecule has 2 saturated carbocycles. The summed E-state index contributed by atoms with van der Waals surface area (Å²) in [7, 11) is 0. The first-order chi connectivity index (χ1) is 8.19. The van der Waals surface area contributed by atoms with Crippen LogP contribution in [0.25, 0.3) is 0 Å². The molecule has 0 aliphatic heterocycles. The standard InChI is InChI=1S/C15H29NO/c1-4-17-15-9-14(10-15)16-13-7-5-12(6-8-13)11(2)3/h11-16H,4-10H2,1-3H3. The molecule has 0 aromatic carbocycles. The Kier molecular flexibility index (Phi) is 4.87. The van der Waals surface area contributed by atoms with Crippen molar-refractivity contribution in [1.82, 2.24) is 5.32 Å². The van der Waals surface area contributed by atoms with E-state index >= 15 is 0 Å². The summed E-state index contributed by atoms with van der Waals surface area (Å²) in [5, 5.41) is 3.82. The molecule has 2 rings (SSSR count). The molecule has 100 valence electrons. The van der Waals surface area contributed by atoms with Crippen LogP contribution in [-0.4, -0.2) is 24.8 Å². The van der Waals surface area contributed by atoms with Crippen LogP contribution in [0.2, 0.25) is 0 Å². The molecule has 0 aromatic heterocycles. The molecule has 2 fully saturated rings. The molecule has 0 spiro atoms. The molecule has 0 unspecified atom stereocenters. The molecule has 0 bridgehead atoms. The average molecular weight is 239 g/mol. The lowest BCUT2D eigenvalue weighted by atomic mass is 9.78. The monoisotopic (exact) mass is 239 g/mol. The smallest absolute Gasteiger partial charge is 0.0604 e. The van der Waals surface area contributed by atoms with Crippen molar-refractivity contribution in [3.63, 3.8) is 0 Å². The first-order valence-corrected chi connectivity index (χ1v) is 7.56. The van der Waals surface area contributed by atoms with Gasteiger partial charge in [0.25, 0.3) is 0 Å². The fourth-order valence-corrected chi connectivity index (χ4v) is 3.36. The van der Waals surface area contributed by atoms with E-state index < -0.39 is 0 Å². The first-order valence-electron chi connectivity index (χ1n) is 7.56. The molecule has 2 nitrogen and oxygen atoms in total. The molecule has 0 heterocycles. The third kappa shape index (κ3) is 3.69. The zero-order chi connectivity index (χ0) is 12.3. The molecule has 0 saturated heterocycles. The van der Waals surface area contributed by atoms with Gasteiger partial charge < -0.3 is 10.1 Å². The van der Waals surface area contributed by atoms with Crippen LogP contribution in [0, 0.1) is 11.8 Å². The summed E-state index contributed by atoms with van der Waals surface area (Å²) < 4.78 is 5.61. The zero-order valence-electron chi connectivity index (χ0n) is 11.7. The molecule has 0 atom stereocenters. The SMILES string of the molecule is CCOC1CC(NC2CCC(C(C)C)CC2)C1. The van der Waals surface area contributed by atoms with Crippen molar-refractivity contribution >= 4 is 0 Å². The Morgan fingerprint density at radius 2 is 1.71 bits per heavy atom. The highest BCUT2D eigenvalue weighted by Crippen LogP contribution is 2.31. The Morgan fingerprint density at radius 1 is 1.06 bits per heavy atom. The van der Waals surface area contributed by atoms with E-state index in [1.165, 1.54) is 38.5 Å². The van der Waals surface area contributed by atoms with Gasteiger partial charge in [-0.2, -0.15) is 0 Å². The Hall–Kier alpha value is -0.0800. The van der Waals surface area contributed by atoms with E-state index in [4.69, 9.17) is 4.74 Å². The summed E-state index contributed by atoms with van der Waals surface area (Å²) >= 11 is 0. The van der Waals surface area contributed by atoms with E-state index in [1.54, 1.807) is 0 Å². The topological polar surface area (TPSA) is 21.3 Å². The molecule has 2 heteroatoms. The van der Waals surface area contributed by atoms with E-state index in [2.05, 4.69) is 26.1 Å². The Labute approximate surface area is 107 Å². The number of ether oxygens (including phenoxy) is 1. The van der Waals surface area contributed by atoms with Crippen molar-refractivity contribution < 1.29 is 4.74 Å². The largest absolute Gasteiger partial charge is 0.378 e. The van der Waals surface area contributed by atoms with E-state index in [0.29, 0.717) is 6.10 Å². The molecular weight excluding hydrogens is 210 g/mol. The van der Waals surface area contributed by atoms with Crippen LogP contribution in [0.15, 0.2) is 0 Å². The predicted molar refractivity (Wildman–Crippen MR) is 72.2 cm³/mol. The molecule has 0 radical (unpaired) electrons. The third-order valence-corrected chi connectivity index (χ3v) is 4.68. The highest BCUT2D eigenvalue weighted by Gasteiger charge is 2.32. The summed E-state index contributed by atoms with van der Waals surface area (Å²) in [5.74, 6) is 1.85. The Balaban J connectivity index is 1.60. The minimum atomic E-state index is 0.546. The zero-order valence-corrected chi connectivity index (χ0v) is 11.7. The van der Waals surface area contributed by atoms with Crippen molar-refractivity contribution in [1.29, 1.82) is 0 Å². The van der Waals surface area contributed by atoms with Gasteiger partial charge in [0.1, 0.15) is 0 Å². The highest BCUT2D eigenvalue weighted by molar-refractivity contribution is 4.90. The van der Waals surface area contributed by atoms with Gasteiger partial charge in [-0.25, -0.2) is 0 Å². The van der Waals surface area contributed by atoms with Crippen molar-refractivity contribution in [3.8, 4) is 0 Å². The second-order valence-electron chi connectivity index (χ2n) is 6.27. The number of rotatable bonds is 5. The highest BCUT2D eigenvalue weighted by atomic mass is 16.5. The van der Waals surface area contributed by atoms with E-state index in [1.807, 2.05) is 0 Å². The van der Waals surface area contributed by atoms with Crippen LogP contribution in [-0.2, 0) is 4.74 Å². The third-order valence-electron chi connectivity index (χ3n) is 4.68. The molecule has 0 aromatic rings. The van der Waals surface area contributed by atoms with Crippen LogP contribution in [0.4, 0.5) is 0 Å². The molecule has 2 aliphatic rings. The maximum absolute atomic E-state index is 5.61. The number of nitrogens with one attached hydrogen (secondary N) is 1. The van der Waals surface area contributed by atoms with Crippen molar-refractivity contribution in [2.45, 2.75) is 77.5 Å². The lowest BCUT2D eigenvalue weighted by molar-refractivity contribution is -0.0140. The molecule has 17 heavy (non-hydrogen) atoms. The van der Waals surface area contributed by atoms with E-state index in [0.717, 1.165) is 30.5 Å². The van der Waals surface area contributed by atoms with Crippen LogP contribution in [0.3, 0.4) is 0 Å². The Bertz CT molecular complexity index is 215. The minimum Gasteiger partial charge on any atom is -0.378 e. The lowest BCUT2D eigenvalue weighted by Crippen LogP contribution is -2.50. The second kappa shape index (κ2) is 6.19. The molecule has 1 N–H and O–H groups in total. The van der Waals surface area contributed by atoms with Gasteiger partial charge in [0.15, 0.2) is 0 Å². The van der Waals surface area contributed by atoms with Crippen molar-refractivity contribution in [2.24, 2.45) is 11.8 Å². The van der Waals surface area contributed by atoms with Crippen LogP contribution in [0.5, 0.6) is 0 Å². The van der Waals surface area contributed by atoms with Gasteiger partial charge >= 0.3 is 0 Å².